The first-order valence-electron chi connectivity index (χ1n) is 9.11. The summed E-state index contributed by atoms with van der Waals surface area (Å²) in [7, 11) is 0. The van der Waals surface area contributed by atoms with Crippen molar-refractivity contribution in [2.75, 3.05) is 4.90 Å². The number of hydrogen-bond acceptors (Lipinski definition) is 4. The number of halogens is 3. The molecule has 0 saturated carbocycles. The van der Waals surface area contributed by atoms with Crippen molar-refractivity contribution in [3.8, 4) is 5.75 Å². The molecule has 0 aromatic heterocycles. The SMILES string of the molecule is O=C1S/C(=C\c2cc(Cl)c(OCc3cccc(F)c3)c(Br)c2)C(=O)N1c1ccccc1. The van der Waals surface area contributed by atoms with Crippen LogP contribution >= 0.6 is 39.3 Å². The molecule has 1 fully saturated rings. The van der Waals surface area contributed by atoms with Crippen molar-refractivity contribution in [3.63, 3.8) is 0 Å². The van der Waals surface area contributed by atoms with Crippen molar-refractivity contribution in [2.24, 2.45) is 0 Å². The molecule has 0 aliphatic carbocycles. The minimum atomic E-state index is -0.389. The zero-order valence-electron chi connectivity index (χ0n) is 15.8. The summed E-state index contributed by atoms with van der Waals surface area (Å²) >= 11 is 10.7. The number of imide groups is 1. The first-order chi connectivity index (χ1) is 14.9. The van der Waals surface area contributed by atoms with E-state index in [0.717, 1.165) is 16.7 Å². The van der Waals surface area contributed by atoms with Gasteiger partial charge in [-0.1, -0.05) is 41.9 Å². The van der Waals surface area contributed by atoms with Gasteiger partial charge in [-0.3, -0.25) is 9.59 Å². The number of amides is 2. The van der Waals surface area contributed by atoms with Crippen LogP contribution < -0.4 is 9.64 Å². The van der Waals surface area contributed by atoms with Crippen molar-refractivity contribution < 1.29 is 18.7 Å². The number of carbonyl (C=O) groups excluding carboxylic acids is 2. The molecule has 1 saturated heterocycles. The average Bonchev–Trinajstić information content (AvgIpc) is 3.01. The van der Waals surface area contributed by atoms with Crippen LogP contribution in [0.3, 0.4) is 0 Å². The highest BCUT2D eigenvalue weighted by molar-refractivity contribution is 9.10. The van der Waals surface area contributed by atoms with E-state index >= 15 is 0 Å². The molecular weight excluding hydrogens is 505 g/mol. The lowest BCUT2D eigenvalue weighted by atomic mass is 10.2. The van der Waals surface area contributed by atoms with Gasteiger partial charge in [-0.15, -0.1) is 0 Å². The second-order valence-corrected chi connectivity index (χ2v) is 8.84. The maximum atomic E-state index is 13.3. The fraction of sp³-hybridized carbons (Fsp3) is 0.0435. The second kappa shape index (κ2) is 9.26. The Bertz CT molecular complexity index is 1180. The van der Waals surface area contributed by atoms with Gasteiger partial charge in [0.1, 0.15) is 12.4 Å². The molecule has 2 amide bonds. The molecule has 156 valence electrons. The highest BCUT2D eigenvalue weighted by Crippen LogP contribution is 2.39. The van der Waals surface area contributed by atoms with E-state index in [1.165, 1.54) is 12.1 Å². The molecule has 4 nitrogen and oxygen atoms in total. The van der Waals surface area contributed by atoms with E-state index in [1.807, 2.05) is 6.07 Å². The Hall–Kier alpha value is -2.61. The topological polar surface area (TPSA) is 46.6 Å². The van der Waals surface area contributed by atoms with Gasteiger partial charge >= 0.3 is 0 Å². The first kappa shape index (κ1) is 21.6. The van der Waals surface area contributed by atoms with E-state index in [0.29, 0.717) is 37.0 Å². The summed E-state index contributed by atoms with van der Waals surface area (Å²) in [5.41, 5.74) is 1.82. The largest absolute Gasteiger partial charge is 0.486 e. The van der Waals surface area contributed by atoms with E-state index in [-0.39, 0.29) is 23.6 Å². The standard InChI is InChI=1S/C23H14BrClFNO3S/c24-18-10-15(11-19(25)21(18)30-13-14-5-4-6-16(26)9-14)12-20-22(28)27(23(29)31-20)17-7-2-1-3-8-17/h1-12H,13H2/b20-12-. The third-order valence-corrected chi connectivity index (χ3v) is 6.14. The van der Waals surface area contributed by atoms with E-state index in [9.17, 15) is 14.0 Å². The number of nitrogens with zero attached hydrogens (tertiary/aromatic N) is 1. The number of para-hydroxylation sites is 1. The van der Waals surface area contributed by atoms with Crippen molar-refractivity contribution >= 4 is 62.2 Å². The summed E-state index contributed by atoms with van der Waals surface area (Å²) < 4.78 is 19.7. The van der Waals surface area contributed by atoms with Gasteiger partial charge in [-0.2, -0.15) is 0 Å². The summed E-state index contributed by atoms with van der Waals surface area (Å²) in [4.78, 5) is 26.6. The molecule has 0 atom stereocenters. The fourth-order valence-corrected chi connectivity index (χ4v) is 4.83. The zero-order chi connectivity index (χ0) is 22.0. The predicted octanol–water partition coefficient (Wildman–Crippen LogP) is 7.06. The summed E-state index contributed by atoms with van der Waals surface area (Å²) in [6.07, 6.45) is 1.61. The van der Waals surface area contributed by atoms with Gasteiger partial charge in [-0.25, -0.2) is 9.29 Å². The Morgan fingerprint density at radius 1 is 1.06 bits per heavy atom. The van der Waals surface area contributed by atoms with Crippen LogP contribution in [0.1, 0.15) is 11.1 Å². The molecule has 1 heterocycles. The Balaban J connectivity index is 1.55. The minimum Gasteiger partial charge on any atom is -0.486 e. The molecule has 0 spiro atoms. The molecule has 0 unspecified atom stereocenters. The molecule has 0 bridgehead atoms. The Morgan fingerprint density at radius 3 is 2.55 bits per heavy atom. The zero-order valence-corrected chi connectivity index (χ0v) is 19.0. The molecule has 1 aliphatic heterocycles. The summed E-state index contributed by atoms with van der Waals surface area (Å²) in [5.74, 6) is -0.327. The van der Waals surface area contributed by atoms with E-state index < -0.39 is 0 Å². The number of ether oxygens (including phenoxy) is 1. The Kier molecular flexibility index (Phi) is 6.46. The van der Waals surface area contributed by atoms with Crippen LogP contribution in [-0.2, 0) is 11.4 Å². The Labute approximate surface area is 195 Å². The molecular formula is C23H14BrClFNO3S. The molecule has 3 aromatic carbocycles. The number of anilines is 1. The highest BCUT2D eigenvalue weighted by atomic mass is 79.9. The van der Waals surface area contributed by atoms with Gasteiger partial charge in [0.2, 0.25) is 0 Å². The maximum absolute atomic E-state index is 13.3. The van der Waals surface area contributed by atoms with Gasteiger partial charge in [0.05, 0.1) is 20.1 Å². The third-order valence-electron chi connectivity index (χ3n) is 4.40. The predicted molar refractivity (Wildman–Crippen MR) is 125 cm³/mol. The van der Waals surface area contributed by atoms with Crippen molar-refractivity contribution in [1.82, 2.24) is 0 Å². The van der Waals surface area contributed by atoms with Crippen LogP contribution in [0.2, 0.25) is 5.02 Å². The average molecular weight is 519 g/mol. The number of hydrogen-bond donors (Lipinski definition) is 0. The summed E-state index contributed by atoms with van der Waals surface area (Å²) in [6.45, 7) is 0.144. The van der Waals surface area contributed by atoms with Crippen molar-refractivity contribution in [3.05, 3.63) is 98.1 Å². The quantitative estimate of drug-likeness (QED) is 0.339. The first-order valence-corrected chi connectivity index (χ1v) is 11.1. The minimum absolute atomic E-state index is 0.144. The molecule has 0 radical (unpaired) electrons. The van der Waals surface area contributed by atoms with Gasteiger partial charge in [0, 0.05) is 0 Å². The van der Waals surface area contributed by atoms with Gasteiger partial charge in [0.15, 0.2) is 5.75 Å². The lowest BCUT2D eigenvalue weighted by Crippen LogP contribution is -2.27. The van der Waals surface area contributed by atoms with E-state index in [4.69, 9.17) is 16.3 Å². The normalized spacial score (nSPS) is 15.1. The van der Waals surface area contributed by atoms with Gasteiger partial charge in [0.25, 0.3) is 11.1 Å². The van der Waals surface area contributed by atoms with Crippen molar-refractivity contribution in [1.29, 1.82) is 0 Å². The van der Waals surface area contributed by atoms with Crippen molar-refractivity contribution in [2.45, 2.75) is 6.61 Å². The highest BCUT2D eigenvalue weighted by Gasteiger charge is 2.36. The van der Waals surface area contributed by atoms with Crippen LogP contribution in [-0.4, -0.2) is 11.1 Å². The second-order valence-electron chi connectivity index (χ2n) is 6.58. The number of carbonyl (C=O) groups is 2. The maximum Gasteiger partial charge on any atom is 0.298 e. The number of benzene rings is 3. The molecule has 31 heavy (non-hydrogen) atoms. The number of rotatable bonds is 5. The van der Waals surface area contributed by atoms with Crippen LogP contribution in [0, 0.1) is 5.82 Å². The smallest absolute Gasteiger partial charge is 0.298 e. The monoisotopic (exact) mass is 517 g/mol. The van der Waals surface area contributed by atoms with Crippen LogP contribution in [0.4, 0.5) is 14.9 Å². The van der Waals surface area contributed by atoms with Crippen LogP contribution in [0.15, 0.2) is 76.1 Å². The number of thioether (sulfide) groups is 1. The van der Waals surface area contributed by atoms with E-state index in [1.54, 1.807) is 54.6 Å². The van der Waals surface area contributed by atoms with Gasteiger partial charge < -0.3 is 4.74 Å². The molecule has 4 rings (SSSR count). The van der Waals surface area contributed by atoms with Crippen LogP contribution in [0.5, 0.6) is 5.75 Å². The van der Waals surface area contributed by atoms with E-state index in [2.05, 4.69) is 15.9 Å². The molecule has 8 heteroatoms. The Morgan fingerprint density at radius 2 is 1.84 bits per heavy atom. The lowest BCUT2D eigenvalue weighted by Gasteiger charge is -2.12. The fourth-order valence-electron chi connectivity index (χ4n) is 3.00. The summed E-state index contributed by atoms with van der Waals surface area (Å²) in [6, 6.07) is 18.2. The third kappa shape index (κ3) is 4.84. The van der Waals surface area contributed by atoms with Crippen LogP contribution in [0.25, 0.3) is 6.08 Å². The summed E-state index contributed by atoms with van der Waals surface area (Å²) in [5, 5.41) is -0.0398. The lowest BCUT2D eigenvalue weighted by molar-refractivity contribution is -0.113. The van der Waals surface area contributed by atoms with Gasteiger partial charge in [-0.05, 0) is 81.3 Å². The molecule has 1 aliphatic rings. The molecule has 0 N–H and O–H groups in total. The molecule has 3 aromatic rings.